The summed E-state index contributed by atoms with van der Waals surface area (Å²) in [5.74, 6) is 0.341. The summed E-state index contributed by atoms with van der Waals surface area (Å²) in [7, 11) is 0. The Labute approximate surface area is 234 Å². The minimum absolute atomic E-state index is 0.0248. The molecule has 0 saturated heterocycles. The van der Waals surface area contributed by atoms with Crippen LogP contribution in [0.1, 0.15) is 83.9 Å². The monoisotopic (exact) mass is 546 g/mol. The third kappa shape index (κ3) is 6.47. The fraction of sp³-hybridized carbons (Fsp3) is 0.424. The zero-order valence-electron chi connectivity index (χ0n) is 23.7. The maximum absolute atomic E-state index is 11.3. The van der Waals surface area contributed by atoms with Crippen molar-refractivity contribution in [2.24, 2.45) is 4.99 Å². The largest absolute Gasteiger partial charge is 0.507 e. The third-order valence-electron chi connectivity index (χ3n) is 7.54. The summed E-state index contributed by atoms with van der Waals surface area (Å²) in [5.41, 5.74) is 2.79. The van der Waals surface area contributed by atoms with Crippen LogP contribution in [0.5, 0.6) is 5.75 Å². The highest BCUT2D eigenvalue weighted by atomic mass is 32.4. The van der Waals surface area contributed by atoms with Gasteiger partial charge in [0.25, 0.3) is 0 Å². The number of hydrogen-bond donors (Lipinski definition) is 2. The summed E-state index contributed by atoms with van der Waals surface area (Å²) in [6, 6.07) is 25.6. The van der Waals surface area contributed by atoms with E-state index in [-0.39, 0.29) is 22.9 Å². The first-order valence-corrected chi connectivity index (χ1v) is 16.6. The highest BCUT2D eigenvalue weighted by Crippen LogP contribution is 2.42. The first-order valence-electron chi connectivity index (χ1n) is 13.8. The minimum Gasteiger partial charge on any atom is -0.507 e. The van der Waals surface area contributed by atoms with Crippen molar-refractivity contribution >= 4 is 34.8 Å². The zero-order chi connectivity index (χ0) is 27.6. The first-order chi connectivity index (χ1) is 17.9. The van der Waals surface area contributed by atoms with Gasteiger partial charge in [-0.1, -0.05) is 133 Å². The topological polar surface area (TPSA) is 44.6 Å². The molecular weight excluding hydrogens is 503 g/mol. The maximum atomic E-state index is 11.3. The number of phenols is 1. The number of phenolic OH excluding ortho intramolecular Hbond substituents is 1. The number of benzene rings is 3. The van der Waals surface area contributed by atoms with Gasteiger partial charge in [-0.25, -0.2) is 0 Å². The van der Waals surface area contributed by atoms with Crippen molar-refractivity contribution in [3.05, 3.63) is 89.5 Å². The Hall–Kier alpha value is -2.26. The van der Waals surface area contributed by atoms with E-state index in [1.165, 1.54) is 22.6 Å². The number of hydrogen-bond acceptors (Lipinski definition) is 3. The molecule has 1 aliphatic rings. The van der Waals surface area contributed by atoms with Crippen LogP contribution in [0.25, 0.3) is 0 Å². The van der Waals surface area contributed by atoms with Crippen molar-refractivity contribution < 1.29 is 5.11 Å². The zero-order valence-corrected chi connectivity index (χ0v) is 25.4. The van der Waals surface area contributed by atoms with Crippen molar-refractivity contribution in [2.45, 2.75) is 90.1 Å². The molecule has 4 rings (SSSR count). The molecule has 0 radical (unpaired) electrons. The lowest BCUT2D eigenvalue weighted by Crippen LogP contribution is -2.43. The predicted molar refractivity (Wildman–Crippen MR) is 169 cm³/mol. The molecular formula is C33H43N2OPS. The van der Waals surface area contributed by atoms with Gasteiger partial charge in [0.15, 0.2) is 0 Å². The molecule has 38 heavy (non-hydrogen) atoms. The smallest absolute Gasteiger partial charge is 0.128 e. The van der Waals surface area contributed by atoms with Gasteiger partial charge >= 0.3 is 0 Å². The van der Waals surface area contributed by atoms with E-state index < -0.39 is 6.19 Å². The van der Waals surface area contributed by atoms with Crippen molar-refractivity contribution in [2.75, 3.05) is 0 Å². The number of nitrogens with zero attached hydrogens (tertiary/aromatic N) is 1. The molecule has 0 aromatic heterocycles. The lowest BCUT2D eigenvalue weighted by atomic mass is 9.79. The summed E-state index contributed by atoms with van der Waals surface area (Å²) in [5, 5.41) is 17.6. The Balaban J connectivity index is 1.70. The van der Waals surface area contributed by atoms with Gasteiger partial charge in [-0.05, 0) is 35.3 Å². The Kier molecular flexibility index (Phi) is 8.67. The van der Waals surface area contributed by atoms with Gasteiger partial charge in [-0.2, -0.15) is 0 Å². The number of aliphatic imine (C=N–C) groups is 1. The van der Waals surface area contributed by atoms with Crippen LogP contribution in [0.2, 0.25) is 0 Å². The van der Waals surface area contributed by atoms with Crippen LogP contribution in [0, 0.1) is 0 Å². The second-order valence-corrected chi connectivity index (χ2v) is 16.8. The average molecular weight is 547 g/mol. The van der Waals surface area contributed by atoms with E-state index in [9.17, 15) is 5.11 Å². The molecule has 3 aromatic carbocycles. The fourth-order valence-corrected chi connectivity index (χ4v) is 8.87. The molecule has 0 spiro atoms. The molecule has 2 N–H and O–H groups in total. The summed E-state index contributed by atoms with van der Waals surface area (Å²) < 4.78 is 0. The van der Waals surface area contributed by atoms with Crippen LogP contribution in [-0.4, -0.2) is 23.4 Å². The van der Waals surface area contributed by atoms with Crippen molar-refractivity contribution in [3.63, 3.8) is 0 Å². The van der Waals surface area contributed by atoms with Crippen LogP contribution in [0.4, 0.5) is 0 Å². The Morgan fingerprint density at radius 1 is 0.842 bits per heavy atom. The molecule has 0 amide bonds. The molecule has 0 unspecified atom stereocenters. The van der Waals surface area contributed by atoms with Crippen molar-refractivity contribution in [3.8, 4) is 5.75 Å². The summed E-state index contributed by atoms with van der Waals surface area (Å²) in [6.45, 7) is 13.1. The molecule has 1 saturated carbocycles. The lowest BCUT2D eigenvalue weighted by molar-refractivity contribution is 0.370. The fourth-order valence-electron chi connectivity index (χ4n) is 5.18. The van der Waals surface area contributed by atoms with Gasteiger partial charge in [-0.3, -0.25) is 10.1 Å². The van der Waals surface area contributed by atoms with Crippen LogP contribution in [0.3, 0.4) is 0 Å². The maximum Gasteiger partial charge on any atom is 0.128 e. The molecule has 0 heterocycles. The van der Waals surface area contributed by atoms with Crippen molar-refractivity contribution in [1.29, 1.82) is 0 Å². The number of rotatable bonds is 6. The van der Waals surface area contributed by atoms with Crippen LogP contribution < -0.4 is 15.7 Å². The van der Waals surface area contributed by atoms with Gasteiger partial charge in [-0.15, -0.1) is 0 Å². The minimum atomic E-state index is -2.23. The van der Waals surface area contributed by atoms with E-state index in [0.29, 0.717) is 5.75 Å². The SMILES string of the molecule is CC(C)(C)c1cc(C=N[C@@H]2CCCC[C@H]2NP(=S)(c2ccccc2)c2ccccc2)c(O)c(C(C)(C)C)c1. The Bertz CT molecular complexity index is 1260. The first kappa shape index (κ1) is 28.7. The molecule has 0 aliphatic heterocycles. The third-order valence-corrected chi connectivity index (χ3v) is 11.9. The summed E-state index contributed by atoms with van der Waals surface area (Å²) in [4.78, 5) is 5.14. The van der Waals surface area contributed by atoms with Crippen LogP contribution in [0.15, 0.2) is 77.8 Å². The molecule has 1 fully saturated rings. The van der Waals surface area contributed by atoms with Gasteiger partial charge < -0.3 is 5.11 Å². The highest BCUT2D eigenvalue weighted by Gasteiger charge is 2.32. The Morgan fingerprint density at radius 3 is 1.92 bits per heavy atom. The molecule has 2 atom stereocenters. The van der Waals surface area contributed by atoms with Gasteiger partial charge in [0, 0.05) is 34.0 Å². The standard InChI is InChI=1S/C33H43N2OPS/c1-32(2,3)25-21-24(31(36)28(22-25)33(4,5)6)23-34-29-19-13-14-20-30(29)35-37(38,26-15-9-7-10-16-26)27-17-11-8-12-18-27/h7-12,15-18,21-23,29-30,36H,13-14,19-20H2,1-6H3,(H,35,38)/t29-,30-/m1/s1. The molecule has 5 heteroatoms. The second kappa shape index (κ2) is 11.5. The number of aromatic hydroxyl groups is 1. The van der Waals surface area contributed by atoms with E-state index in [0.717, 1.165) is 30.4 Å². The quantitative estimate of drug-likeness (QED) is 0.251. The predicted octanol–water partition coefficient (Wildman–Crippen LogP) is 7.35. The average Bonchev–Trinajstić information content (AvgIpc) is 2.88. The summed E-state index contributed by atoms with van der Waals surface area (Å²) >= 11 is 6.49. The van der Waals surface area contributed by atoms with E-state index >= 15 is 0 Å². The van der Waals surface area contributed by atoms with Crippen LogP contribution in [-0.2, 0) is 22.6 Å². The van der Waals surface area contributed by atoms with E-state index in [1.54, 1.807) is 0 Å². The van der Waals surface area contributed by atoms with E-state index in [2.05, 4.69) is 107 Å². The van der Waals surface area contributed by atoms with Gasteiger partial charge in [0.1, 0.15) is 5.75 Å². The molecule has 3 nitrogen and oxygen atoms in total. The van der Waals surface area contributed by atoms with Crippen LogP contribution >= 0.6 is 6.19 Å². The number of nitrogens with one attached hydrogen (secondary N) is 1. The second-order valence-electron chi connectivity index (χ2n) is 12.6. The lowest BCUT2D eigenvalue weighted by Gasteiger charge is -2.35. The molecule has 0 bridgehead atoms. The molecule has 3 aromatic rings. The summed E-state index contributed by atoms with van der Waals surface area (Å²) in [6.07, 6.45) is 4.06. The molecule has 1 aliphatic carbocycles. The van der Waals surface area contributed by atoms with Gasteiger partial charge in [0.2, 0.25) is 0 Å². The normalized spacial score (nSPS) is 19.1. The van der Waals surface area contributed by atoms with E-state index in [4.69, 9.17) is 16.8 Å². The van der Waals surface area contributed by atoms with E-state index in [1.807, 2.05) is 18.3 Å². The Morgan fingerprint density at radius 2 is 1.39 bits per heavy atom. The van der Waals surface area contributed by atoms with Gasteiger partial charge in [0.05, 0.1) is 12.2 Å². The van der Waals surface area contributed by atoms with Crippen molar-refractivity contribution in [1.82, 2.24) is 5.09 Å². The molecule has 202 valence electrons. The highest BCUT2D eigenvalue weighted by molar-refractivity contribution is 8.20.